The van der Waals surface area contributed by atoms with Crippen LogP contribution in [-0.2, 0) is 4.79 Å². The monoisotopic (exact) mass is 351 g/mol. The molecule has 6 heteroatoms. The minimum atomic E-state index is 0. The van der Waals surface area contributed by atoms with E-state index in [1.54, 1.807) is 11.3 Å². The second kappa shape index (κ2) is 6.75. The van der Waals surface area contributed by atoms with Crippen LogP contribution in [0.15, 0.2) is 18.2 Å². The average Bonchev–Trinajstić information content (AvgIpc) is 3.27. The van der Waals surface area contributed by atoms with E-state index in [1.165, 1.54) is 22.5 Å². The molecule has 1 aliphatic carbocycles. The zero-order valence-corrected chi connectivity index (χ0v) is 14.8. The lowest BCUT2D eigenvalue weighted by atomic mass is 9.92. The number of carbonyl (C=O) groups is 1. The number of fused-ring (bicyclic) bond motifs is 1. The molecule has 2 atom stereocenters. The molecular formula is C17H22ClN3OS. The fourth-order valence-electron chi connectivity index (χ4n) is 3.14. The highest BCUT2D eigenvalue weighted by Crippen LogP contribution is 2.43. The van der Waals surface area contributed by atoms with Gasteiger partial charge in [-0.2, -0.15) is 0 Å². The molecule has 0 radical (unpaired) electrons. The number of carbonyl (C=O) groups excluding carboxylic acids is 1. The summed E-state index contributed by atoms with van der Waals surface area (Å²) in [6.45, 7) is 3.07. The van der Waals surface area contributed by atoms with Crippen LogP contribution in [0.5, 0.6) is 0 Å². The van der Waals surface area contributed by atoms with E-state index < -0.39 is 0 Å². The van der Waals surface area contributed by atoms with E-state index in [4.69, 9.17) is 4.98 Å². The van der Waals surface area contributed by atoms with Gasteiger partial charge in [-0.25, -0.2) is 4.98 Å². The molecule has 0 spiro atoms. The molecule has 1 aromatic carbocycles. The molecule has 0 bridgehead atoms. The van der Waals surface area contributed by atoms with Crippen molar-refractivity contribution in [2.75, 3.05) is 11.9 Å². The van der Waals surface area contributed by atoms with Gasteiger partial charge in [0.15, 0.2) is 0 Å². The van der Waals surface area contributed by atoms with E-state index in [2.05, 4.69) is 23.6 Å². The van der Waals surface area contributed by atoms with Gasteiger partial charge >= 0.3 is 0 Å². The van der Waals surface area contributed by atoms with Crippen molar-refractivity contribution >= 4 is 45.6 Å². The standard InChI is InChI=1S/C17H21N3OS.ClH/c1-10-8-12(6-7-18-10)16(21)19-13-4-5-14-15(9-13)22-17(20-14)11-2-3-11;/h4-5,9-12,18H,2-3,6-8H2,1H3,(H,19,21);1H/t10-,12-;/m0./s1. The summed E-state index contributed by atoms with van der Waals surface area (Å²) >= 11 is 1.77. The highest BCUT2D eigenvalue weighted by atomic mass is 35.5. The second-order valence-corrected chi connectivity index (χ2v) is 7.64. The summed E-state index contributed by atoms with van der Waals surface area (Å²) in [7, 11) is 0. The number of piperidine rings is 1. The van der Waals surface area contributed by atoms with Crippen LogP contribution in [0.4, 0.5) is 5.69 Å². The van der Waals surface area contributed by atoms with Gasteiger partial charge in [0.05, 0.1) is 15.2 Å². The zero-order chi connectivity index (χ0) is 15.1. The topological polar surface area (TPSA) is 54.0 Å². The Kier molecular flexibility index (Phi) is 4.90. The van der Waals surface area contributed by atoms with E-state index in [0.717, 1.165) is 30.6 Å². The lowest BCUT2D eigenvalue weighted by Gasteiger charge is -2.27. The Morgan fingerprint density at radius 3 is 2.91 bits per heavy atom. The van der Waals surface area contributed by atoms with Gasteiger partial charge in [-0.3, -0.25) is 4.79 Å². The Balaban J connectivity index is 0.00000156. The number of thiazole rings is 1. The molecule has 1 aliphatic heterocycles. The van der Waals surface area contributed by atoms with Crippen LogP contribution in [0.3, 0.4) is 0 Å². The number of aromatic nitrogens is 1. The van der Waals surface area contributed by atoms with E-state index in [-0.39, 0.29) is 24.2 Å². The highest BCUT2D eigenvalue weighted by Gasteiger charge is 2.27. The summed E-state index contributed by atoms with van der Waals surface area (Å²) in [6, 6.07) is 6.50. The van der Waals surface area contributed by atoms with Crippen LogP contribution < -0.4 is 10.6 Å². The summed E-state index contributed by atoms with van der Waals surface area (Å²) in [4.78, 5) is 17.1. The number of hydrogen-bond donors (Lipinski definition) is 2. The molecule has 1 amide bonds. The van der Waals surface area contributed by atoms with Crippen LogP contribution in [0.25, 0.3) is 10.2 Å². The maximum Gasteiger partial charge on any atom is 0.227 e. The van der Waals surface area contributed by atoms with Crippen molar-refractivity contribution in [2.24, 2.45) is 5.92 Å². The van der Waals surface area contributed by atoms with E-state index in [9.17, 15) is 4.79 Å². The summed E-state index contributed by atoms with van der Waals surface area (Å²) in [5.41, 5.74) is 1.95. The van der Waals surface area contributed by atoms with Crippen molar-refractivity contribution in [3.8, 4) is 0 Å². The molecule has 1 saturated heterocycles. The quantitative estimate of drug-likeness (QED) is 0.881. The van der Waals surface area contributed by atoms with Gasteiger partial charge < -0.3 is 10.6 Å². The molecule has 2 N–H and O–H groups in total. The summed E-state index contributed by atoms with van der Waals surface area (Å²) < 4.78 is 1.18. The van der Waals surface area contributed by atoms with Crippen molar-refractivity contribution in [2.45, 2.75) is 44.6 Å². The van der Waals surface area contributed by atoms with Crippen molar-refractivity contribution in [1.29, 1.82) is 0 Å². The Morgan fingerprint density at radius 1 is 1.35 bits per heavy atom. The van der Waals surface area contributed by atoms with Gasteiger partial charge in [0, 0.05) is 23.6 Å². The summed E-state index contributed by atoms with van der Waals surface area (Å²) in [6.07, 6.45) is 4.39. The molecule has 4 nitrogen and oxygen atoms in total. The number of halogens is 1. The van der Waals surface area contributed by atoms with Gasteiger partial charge in [-0.15, -0.1) is 23.7 Å². The van der Waals surface area contributed by atoms with Gasteiger partial charge in [0.2, 0.25) is 5.91 Å². The Bertz CT molecular complexity index is 713. The normalized spacial score (nSPS) is 24.2. The van der Waals surface area contributed by atoms with Crippen LogP contribution >= 0.6 is 23.7 Å². The Hall–Kier alpha value is -1.17. The van der Waals surface area contributed by atoms with Gasteiger partial charge in [-0.1, -0.05) is 0 Å². The number of benzene rings is 1. The van der Waals surface area contributed by atoms with Gasteiger partial charge in [-0.05, 0) is 57.4 Å². The first kappa shape index (κ1) is 16.7. The zero-order valence-electron chi connectivity index (χ0n) is 13.2. The molecule has 2 fully saturated rings. The van der Waals surface area contributed by atoms with Gasteiger partial charge in [0.25, 0.3) is 0 Å². The van der Waals surface area contributed by atoms with Crippen molar-refractivity contribution in [3.05, 3.63) is 23.2 Å². The Labute approximate surface area is 146 Å². The van der Waals surface area contributed by atoms with Crippen LogP contribution in [-0.4, -0.2) is 23.5 Å². The molecule has 1 aromatic heterocycles. The number of rotatable bonds is 3. The van der Waals surface area contributed by atoms with Crippen LogP contribution in [0, 0.1) is 5.92 Å². The van der Waals surface area contributed by atoms with E-state index in [0.29, 0.717) is 12.0 Å². The average molecular weight is 352 g/mol. The number of amides is 1. The Morgan fingerprint density at radius 2 is 2.17 bits per heavy atom. The first-order valence-corrected chi connectivity index (χ1v) is 8.95. The van der Waals surface area contributed by atoms with E-state index >= 15 is 0 Å². The maximum absolute atomic E-state index is 12.4. The molecule has 2 aromatic rings. The molecule has 2 aliphatic rings. The fraction of sp³-hybridized carbons (Fsp3) is 0.529. The third kappa shape index (κ3) is 3.67. The SMILES string of the molecule is C[C@H]1C[C@@H](C(=O)Nc2ccc3nc(C4CC4)sc3c2)CCN1.Cl. The third-order valence-corrected chi connectivity index (χ3v) is 5.77. The first-order chi connectivity index (χ1) is 10.7. The number of nitrogens with zero attached hydrogens (tertiary/aromatic N) is 1. The smallest absolute Gasteiger partial charge is 0.227 e. The molecule has 2 heterocycles. The number of anilines is 1. The molecule has 1 saturated carbocycles. The minimum absolute atomic E-state index is 0. The van der Waals surface area contributed by atoms with Crippen molar-refractivity contribution in [3.63, 3.8) is 0 Å². The number of nitrogens with one attached hydrogen (secondary N) is 2. The summed E-state index contributed by atoms with van der Waals surface area (Å²) in [5.74, 6) is 0.960. The lowest BCUT2D eigenvalue weighted by Crippen LogP contribution is -2.40. The third-order valence-electron chi connectivity index (χ3n) is 4.59. The first-order valence-electron chi connectivity index (χ1n) is 8.14. The van der Waals surface area contributed by atoms with Crippen molar-refractivity contribution in [1.82, 2.24) is 10.3 Å². The largest absolute Gasteiger partial charge is 0.326 e. The summed E-state index contributed by atoms with van der Waals surface area (Å²) in [5, 5.41) is 7.73. The minimum Gasteiger partial charge on any atom is -0.326 e. The van der Waals surface area contributed by atoms with E-state index in [1.807, 2.05) is 12.1 Å². The molecule has 124 valence electrons. The predicted octanol–water partition coefficient (Wildman–Crippen LogP) is 3.92. The molecular weight excluding hydrogens is 330 g/mol. The number of hydrogen-bond acceptors (Lipinski definition) is 4. The molecule has 4 rings (SSSR count). The fourth-order valence-corrected chi connectivity index (χ4v) is 4.32. The van der Waals surface area contributed by atoms with Crippen molar-refractivity contribution < 1.29 is 4.79 Å². The molecule has 23 heavy (non-hydrogen) atoms. The maximum atomic E-state index is 12.4. The van der Waals surface area contributed by atoms with Crippen LogP contribution in [0.2, 0.25) is 0 Å². The predicted molar refractivity (Wildman–Crippen MR) is 97.7 cm³/mol. The lowest BCUT2D eigenvalue weighted by molar-refractivity contribution is -0.120. The highest BCUT2D eigenvalue weighted by molar-refractivity contribution is 7.18. The van der Waals surface area contributed by atoms with Gasteiger partial charge in [0.1, 0.15) is 0 Å². The van der Waals surface area contributed by atoms with Crippen LogP contribution in [0.1, 0.15) is 43.5 Å². The second-order valence-electron chi connectivity index (χ2n) is 6.57. The molecule has 0 unspecified atom stereocenters.